The smallest absolute Gasteiger partial charge is 0.239 e. The van der Waals surface area contributed by atoms with Crippen LogP contribution in [-0.2, 0) is 13.5 Å². The summed E-state index contributed by atoms with van der Waals surface area (Å²) in [4.78, 5) is 7.52. The molecule has 0 atom stereocenters. The summed E-state index contributed by atoms with van der Waals surface area (Å²) in [7, 11) is 1.85. The molecule has 0 spiro atoms. The largest absolute Gasteiger partial charge is 0.367 e. The highest BCUT2D eigenvalue weighted by Crippen LogP contribution is 2.11. The van der Waals surface area contributed by atoms with Crippen molar-refractivity contribution in [1.29, 1.82) is 0 Å². The van der Waals surface area contributed by atoms with E-state index in [0.29, 0.717) is 13.0 Å². The number of hydrogen-bond donors (Lipinski definition) is 3. The van der Waals surface area contributed by atoms with E-state index in [1.165, 1.54) is 0 Å². The molecule has 0 radical (unpaired) electrons. The minimum atomic E-state index is -0.518. The van der Waals surface area contributed by atoms with Gasteiger partial charge in [-0.3, -0.25) is 10.1 Å². The molecule has 0 unspecified atom stereocenters. The van der Waals surface area contributed by atoms with Crippen molar-refractivity contribution in [3.63, 3.8) is 0 Å². The van der Waals surface area contributed by atoms with Gasteiger partial charge in [0.1, 0.15) is 0 Å². The van der Waals surface area contributed by atoms with Gasteiger partial charge in [-0.05, 0) is 6.07 Å². The highest BCUT2D eigenvalue weighted by atomic mass is 19.1. The third-order valence-corrected chi connectivity index (χ3v) is 2.32. The van der Waals surface area contributed by atoms with Crippen LogP contribution in [0.4, 0.5) is 16.2 Å². The molecule has 2 rings (SSSR count). The van der Waals surface area contributed by atoms with Crippen molar-refractivity contribution in [1.82, 2.24) is 19.7 Å². The van der Waals surface area contributed by atoms with Gasteiger partial charge in [0.2, 0.25) is 5.95 Å². The third-order valence-electron chi connectivity index (χ3n) is 2.32. The van der Waals surface area contributed by atoms with Crippen molar-refractivity contribution in [3.05, 3.63) is 30.0 Å². The monoisotopic (exact) mass is 251 g/mol. The number of hydrazine groups is 1. The Labute approximate surface area is 103 Å². The number of nitrogens with one attached hydrogen (secondary N) is 2. The van der Waals surface area contributed by atoms with Gasteiger partial charge in [-0.1, -0.05) is 0 Å². The number of aromatic nitrogens is 4. The maximum Gasteiger partial charge on any atom is 0.239 e. The van der Waals surface area contributed by atoms with Crippen molar-refractivity contribution in [2.24, 2.45) is 12.9 Å². The summed E-state index contributed by atoms with van der Waals surface area (Å²) in [6.07, 6.45) is 3.60. The first-order chi connectivity index (χ1) is 8.69. The number of nitrogens with two attached hydrogens (primary N) is 1. The quantitative estimate of drug-likeness (QED) is 0.522. The zero-order chi connectivity index (χ0) is 13.0. The van der Waals surface area contributed by atoms with Gasteiger partial charge in [-0.2, -0.15) is 10.1 Å². The van der Waals surface area contributed by atoms with E-state index in [0.717, 1.165) is 11.9 Å². The molecule has 7 nitrogen and oxygen atoms in total. The second kappa shape index (κ2) is 5.41. The van der Waals surface area contributed by atoms with Crippen LogP contribution in [0, 0.1) is 5.82 Å². The summed E-state index contributed by atoms with van der Waals surface area (Å²) in [5.74, 6) is 4.92. The van der Waals surface area contributed by atoms with Crippen LogP contribution in [0.5, 0.6) is 0 Å². The van der Waals surface area contributed by atoms with Crippen LogP contribution in [-0.4, -0.2) is 26.3 Å². The molecular formula is C10H14FN7. The van der Waals surface area contributed by atoms with E-state index in [1.54, 1.807) is 4.68 Å². The first-order valence-corrected chi connectivity index (χ1v) is 5.40. The van der Waals surface area contributed by atoms with Gasteiger partial charge < -0.3 is 5.32 Å². The fraction of sp³-hybridized carbons (Fsp3) is 0.300. The van der Waals surface area contributed by atoms with Crippen LogP contribution < -0.4 is 16.6 Å². The van der Waals surface area contributed by atoms with Gasteiger partial charge in [0.25, 0.3) is 0 Å². The molecule has 4 N–H and O–H groups in total. The highest BCUT2D eigenvalue weighted by molar-refractivity contribution is 5.40. The van der Waals surface area contributed by atoms with Gasteiger partial charge >= 0.3 is 0 Å². The number of anilines is 2. The van der Waals surface area contributed by atoms with Crippen molar-refractivity contribution in [3.8, 4) is 0 Å². The first-order valence-electron chi connectivity index (χ1n) is 5.40. The number of nitrogens with zero attached hydrogens (tertiary/aromatic N) is 4. The van der Waals surface area contributed by atoms with Crippen LogP contribution in [0.15, 0.2) is 18.5 Å². The normalized spacial score (nSPS) is 10.4. The van der Waals surface area contributed by atoms with Crippen molar-refractivity contribution in [2.45, 2.75) is 6.42 Å². The molecule has 8 heteroatoms. The molecule has 0 saturated carbocycles. The molecule has 0 aliphatic carbocycles. The van der Waals surface area contributed by atoms with Gasteiger partial charge in [-0.15, -0.1) is 0 Å². The molecule has 0 bridgehead atoms. The van der Waals surface area contributed by atoms with Crippen LogP contribution in [0.3, 0.4) is 0 Å². The second-order valence-electron chi connectivity index (χ2n) is 3.69. The molecule has 18 heavy (non-hydrogen) atoms. The van der Waals surface area contributed by atoms with E-state index in [9.17, 15) is 4.39 Å². The maximum absolute atomic E-state index is 13.4. The average Bonchev–Trinajstić information content (AvgIpc) is 2.77. The predicted octanol–water partition coefficient (Wildman–Crippen LogP) is 0.289. The topological polar surface area (TPSA) is 93.7 Å². The Morgan fingerprint density at radius 2 is 2.33 bits per heavy atom. The fourth-order valence-electron chi connectivity index (χ4n) is 1.47. The number of aryl methyl sites for hydroxylation is 1. The summed E-state index contributed by atoms with van der Waals surface area (Å²) in [5.41, 5.74) is 3.19. The van der Waals surface area contributed by atoms with E-state index in [1.807, 2.05) is 19.3 Å². The number of halogens is 1. The molecule has 96 valence electrons. The second-order valence-corrected chi connectivity index (χ2v) is 3.69. The van der Waals surface area contributed by atoms with Gasteiger partial charge in [0.15, 0.2) is 11.6 Å². The molecule has 0 fully saturated rings. The van der Waals surface area contributed by atoms with Crippen LogP contribution in [0.1, 0.15) is 5.69 Å². The molecule has 0 aliphatic heterocycles. The first kappa shape index (κ1) is 12.2. The summed E-state index contributed by atoms with van der Waals surface area (Å²) >= 11 is 0. The summed E-state index contributed by atoms with van der Waals surface area (Å²) in [5, 5.41) is 7.09. The van der Waals surface area contributed by atoms with Crippen molar-refractivity contribution < 1.29 is 4.39 Å². The standard InChI is InChI=1S/C10H14FN7/c1-18-5-3-7(17-18)2-4-13-9-8(11)6-14-10(15-9)16-12/h3,5-6H,2,4,12H2,1H3,(H2,13,14,15,16). The molecule has 0 amide bonds. The number of rotatable bonds is 5. The Balaban J connectivity index is 1.93. The van der Waals surface area contributed by atoms with Gasteiger partial charge in [-0.25, -0.2) is 15.2 Å². The molecule has 2 aromatic heterocycles. The Kier molecular flexibility index (Phi) is 3.68. The zero-order valence-corrected chi connectivity index (χ0v) is 9.89. The van der Waals surface area contributed by atoms with E-state index >= 15 is 0 Å². The van der Waals surface area contributed by atoms with E-state index in [-0.39, 0.29) is 11.8 Å². The lowest BCUT2D eigenvalue weighted by molar-refractivity contribution is 0.617. The molecule has 2 heterocycles. The average molecular weight is 251 g/mol. The zero-order valence-electron chi connectivity index (χ0n) is 9.89. The maximum atomic E-state index is 13.4. The molecule has 0 aliphatic rings. The van der Waals surface area contributed by atoms with Crippen LogP contribution in [0.25, 0.3) is 0 Å². The lowest BCUT2D eigenvalue weighted by atomic mass is 10.3. The minimum Gasteiger partial charge on any atom is -0.367 e. The molecule has 0 saturated heterocycles. The van der Waals surface area contributed by atoms with Crippen LogP contribution >= 0.6 is 0 Å². The van der Waals surface area contributed by atoms with Crippen LogP contribution in [0.2, 0.25) is 0 Å². The van der Waals surface area contributed by atoms with E-state index < -0.39 is 5.82 Å². The lowest BCUT2D eigenvalue weighted by Crippen LogP contribution is -2.14. The molecule has 0 aromatic carbocycles. The predicted molar refractivity (Wildman–Crippen MR) is 65.2 cm³/mol. The van der Waals surface area contributed by atoms with Gasteiger partial charge in [0.05, 0.1) is 11.9 Å². The minimum absolute atomic E-state index is 0.119. The molecular weight excluding hydrogens is 237 g/mol. The van der Waals surface area contributed by atoms with Crippen molar-refractivity contribution >= 4 is 11.8 Å². The SMILES string of the molecule is Cn1ccc(CCNc2nc(NN)ncc2F)n1. The molecule has 2 aromatic rings. The van der Waals surface area contributed by atoms with Crippen molar-refractivity contribution in [2.75, 3.05) is 17.3 Å². The summed E-state index contributed by atoms with van der Waals surface area (Å²) < 4.78 is 15.1. The summed E-state index contributed by atoms with van der Waals surface area (Å²) in [6.45, 7) is 0.523. The van der Waals surface area contributed by atoms with E-state index in [4.69, 9.17) is 5.84 Å². The summed E-state index contributed by atoms with van der Waals surface area (Å²) in [6, 6.07) is 1.91. The Morgan fingerprint density at radius 3 is 3.00 bits per heavy atom. The third kappa shape index (κ3) is 2.92. The highest BCUT2D eigenvalue weighted by Gasteiger charge is 2.06. The fourth-order valence-corrected chi connectivity index (χ4v) is 1.47. The lowest BCUT2D eigenvalue weighted by Gasteiger charge is -2.06. The number of hydrogen-bond acceptors (Lipinski definition) is 6. The van der Waals surface area contributed by atoms with E-state index in [2.05, 4.69) is 25.8 Å². The Hall–Kier alpha value is -2.22. The number of nitrogen functional groups attached to an aromatic ring is 1. The Bertz CT molecular complexity index is 525. The van der Waals surface area contributed by atoms with Gasteiger partial charge in [0, 0.05) is 26.2 Å². The Morgan fingerprint density at radius 1 is 1.50 bits per heavy atom.